The summed E-state index contributed by atoms with van der Waals surface area (Å²) in [6.45, 7) is 2.05. The number of thiophene rings is 1. The molecule has 2 aromatic rings. The zero-order chi connectivity index (χ0) is 18.8. The molecule has 1 aromatic heterocycles. The van der Waals surface area contributed by atoms with Crippen LogP contribution < -0.4 is 14.8 Å². The molecule has 27 heavy (non-hydrogen) atoms. The van der Waals surface area contributed by atoms with Gasteiger partial charge in [-0.1, -0.05) is 13.3 Å². The number of carbonyl (C=O) groups excluding carboxylic acids is 2. The van der Waals surface area contributed by atoms with Crippen molar-refractivity contribution in [2.45, 2.75) is 32.6 Å². The molecule has 0 saturated heterocycles. The third-order valence-corrected chi connectivity index (χ3v) is 6.17. The number of benzene rings is 1. The second-order valence-corrected chi connectivity index (χ2v) is 7.91. The van der Waals surface area contributed by atoms with Crippen molar-refractivity contribution in [3.63, 3.8) is 0 Å². The number of carbonyl (C=O) groups is 2. The minimum absolute atomic E-state index is 0.175. The van der Waals surface area contributed by atoms with E-state index in [-0.39, 0.29) is 13.4 Å². The summed E-state index contributed by atoms with van der Waals surface area (Å²) in [5.41, 5.74) is 1.83. The van der Waals surface area contributed by atoms with Crippen LogP contribution >= 0.6 is 11.3 Å². The van der Waals surface area contributed by atoms with Crippen molar-refractivity contribution in [1.29, 1.82) is 0 Å². The first-order valence-corrected chi connectivity index (χ1v) is 9.92. The lowest BCUT2D eigenvalue weighted by molar-refractivity contribution is -0.119. The number of nitrogens with one attached hydrogen (secondary N) is 1. The molecule has 1 N–H and O–H groups in total. The molecule has 0 unspecified atom stereocenters. The average Bonchev–Trinajstić information content (AvgIpc) is 3.31. The molecule has 0 saturated carbocycles. The highest BCUT2D eigenvalue weighted by molar-refractivity contribution is 7.14. The van der Waals surface area contributed by atoms with E-state index in [4.69, 9.17) is 14.2 Å². The molecule has 0 spiro atoms. The zero-order valence-electron chi connectivity index (χ0n) is 15.1. The minimum Gasteiger partial charge on any atom is -0.454 e. The van der Waals surface area contributed by atoms with E-state index in [9.17, 15) is 9.59 Å². The van der Waals surface area contributed by atoms with E-state index >= 15 is 0 Å². The van der Waals surface area contributed by atoms with E-state index in [1.165, 1.54) is 28.2 Å². The summed E-state index contributed by atoms with van der Waals surface area (Å²) < 4.78 is 15.7. The van der Waals surface area contributed by atoms with E-state index in [1.54, 1.807) is 18.2 Å². The van der Waals surface area contributed by atoms with Crippen LogP contribution in [0.4, 0.5) is 5.69 Å². The highest BCUT2D eigenvalue weighted by Gasteiger charge is 2.23. The van der Waals surface area contributed by atoms with Gasteiger partial charge in [-0.05, 0) is 48.9 Å². The van der Waals surface area contributed by atoms with Crippen LogP contribution in [-0.4, -0.2) is 25.3 Å². The molecule has 142 valence electrons. The van der Waals surface area contributed by atoms with Crippen molar-refractivity contribution in [1.82, 2.24) is 0 Å². The minimum atomic E-state index is -0.441. The maximum absolute atomic E-state index is 12.3. The first-order chi connectivity index (χ1) is 13.1. The quantitative estimate of drug-likeness (QED) is 0.790. The molecule has 0 fully saturated rings. The Hall–Kier alpha value is -2.54. The van der Waals surface area contributed by atoms with Gasteiger partial charge in [-0.15, -0.1) is 11.3 Å². The van der Waals surface area contributed by atoms with Crippen LogP contribution in [0.5, 0.6) is 11.5 Å². The van der Waals surface area contributed by atoms with Crippen molar-refractivity contribution in [2.24, 2.45) is 5.92 Å². The number of ether oxygens (including phenoxy) is 3. The monoisotopic (exact) mass is 387 g/mol. The molecule has 0 radical (unpaired) electrons. The van der Waals surface area contributed by atoms with Crippen LogP contribution in [0.1, 0.15) is 39.9 Å². The molecule has 1 amide bonds. The average molecular weight is 387 g/mol. The summed E-state index contributed by atoms with van der Waals surface area (Å²) in [5.74, 6) is 1.09. The maximum atomic E-state index is 12.3. The number of esters is 1. The van der Waals surface area contributed by atoms with Crippen molar-refractivity contribution in [3.8, 4) is 11.5 Å². The molecule has 1 atom stereocenters. The van der Waals surface area contributed by atoms with Gasteiger partial charge in [-0.25, -0.2) is 4.79 Å². The van der Waals surface area contributed by atoms with Gasteiger partial charge >= 0.3 is 5.97 Å². The topological polar surface area (TPSA) is 73.9 Å². The van der Waals surface area contributed by atoms with Crippen molar-refractivity contribution in [2.75, 3.05) is 18.7 Å². The highest BCUT2D eigenvalue weighted by Crippen LogP contribution is 2.35. The predicted octanol–water partition coefficient (Wildman–Crippen LogP) is 3.79. The fraction of sp³-hybridized carbons (Fsp3) is 0.400. The van der Waals surface area contributed by atoms with Crippen LogP contribution in [0.25, 0.3) is 0 Å². The van der Waals surface area contributed by atoms with Gasteiger partial charge in [0.05, 0.1) is 0 Å². The Labute approximate surface area is 161 Å². The van der Waals surface area contributed by atoms with E-state index in [0.717, 1.165) is 19.3 Å². The summed E-state index contributed by atoms with van der Waals surface area (Å²) in [6, 6.07) is 7.05. The Bertz CT molecular complexity index is 875. The number of anilines is 1. The number of hydrogen-bond donors (Lipinski definition) is 1. The van der Waals surface area contributed by atoms with Gasteiger partial charge < -0.3 is 19.5 Å². The lowest BCUT2D eigenvalue weighted by Gasteiger charge is -2.19. The lowest BCUT2D eigenvalue weighted by Crippen LogP contribution is -2.20. The van der Waals surface area contributed by atoms with E-state index in [0.29, 0.717) is 28.0 Å². The summed E-state index contributed by atoms with van der Waals surface area (Å²) in [6.07, 6.45) is 4.39. The van der Waals surface area contributed by atoms with Gasteiger partial charge in [-0.3, -0.25) is 4.79 Å². The van der Waals surface area contributed by atoms with Gasteiger partial charge in [0.15, 0.2) is 18.1 Å². The van der Waals surface area contributed by atoms with Gasteiger partial charge in [0.2, 0.25) is 6.79 Å². The Morgan fingerprint density at radius 2 is 2.11 bits per heavy atom. The Morgan fingerprint density at radius 3 is 2.96 bits per heavy atom. The van der Waals surface area contributed by atoms with Crippen molar-refractivity contribution >= 4 is 28.9 Å². The largest absolute Gasteiger partial charge is 0.454 e. The second-order valence-electron chi connectivity index (χ2n) is 6.77. The van der Waals surface area contributed by atoms with E-state index < -0.39 is 11.9 Å². The molecule has 7 heteroatoms. The van der Waals surface area contributed by atoms with Crippen molar-refractivity contribution in [3.05, 3.63) is 39.6 Å². The Balaban J connectivity index is 1.31. The molecule has 1 aromatic carbocycles. The van der Waals surface area contributed by atoms with E-state index in [1.807, 2.05) is 6.07 Å². The number of aryl methyl sites for hydroxylation is 1. The van der Waals surface area contributed by atoms with Crippen LogP contribution in [0.15, 0.2) is 24.3 Å². The third kappa shape index (κ3) is 3.93. The predicted molar refractivity (Wildman–Crippen MR) is 102 cm³/mol. The van der Waals surface area contributed by atoms with Crippen LogP contribution in [0, 0.1) is 5.92 Å². The number of hydrogen-bond acceptors (Lipinski definition) is 6. The molecule has 6 nitrogen and oxygen atoms in total. The SMILES string of the molecule is CC[C@@H]1CCc2sc(C(=O)OCC(=O)Nc3ccc4c(c3)OCO4)cc2C1. The van der Waals surface area contributed by atoms with E-state index in [2.05, 4.69) is 12.2 Å². The van der Waals surface area contributed by atoms with Crippen LogP contribution in [0.3, 0.4) is 0 Å². The molecule has 4 rings (SSSR count). The smallest absolute Gasteiger partial charge is 0.348 e. The molecule has 2 heterocycles. The second kappa shape index (κ2) is 7.60. The van der Waals surface area contributed by atoms with Gasteiger partial charge in [0, 0.05) is 16.6 Å². The van der Waals surface area contributed by atoms with Crippen LogP contribution in [-0.2, 0) is 22.4 Å². The standard InChI is InChI=1S/C20H21NO5S/c1-2-12-3-6-17-13(7-12)8-18(27-17)20(23)24-10-19(22)21-14-4-5-15-16(9-14)26-11-25-15/h4-5,8-9,12H,2-3,6-7,10-11H2,1H3,(H,21,22)/t12-/m1/s1. The molecular weight excluding hydrogens is 366 g/mol. The van der Waals surface area contributed by atoms with Gasteiger partial charge in [0.1, 0.15) is 4.88 Å². The fourth-order valence-corrected chi connectivity index (χ4v) is 4.52. The van der Waals surface area contributed by atoms with Crippen molar-refractivity contribution < 1.29 is 23.8 Å². The summed E-state index contributed by atoms with van der Waals surface area (Å²) in [5, 5.41) is 2.69. The Morgan fingerprint density at radius 1 is 1.26 bits per heavy atom. The molecule has 2 aliphatic rings. The Kier molecular flexibility index (Phi) is 5.03. The maximum Gasteiger partial charge on any atom is 0.348 e. The van der Waals surface area contributed by atoms with Crippen LogP contribution in [0.2, 0.25) is 0 Å². The number of amides is 1. The van der Waals surface area contributed by atoms with Gasteiger partial charge in [-0.2, -0.15) is 0 Å². The summed E-state index contributed by atoms with van der Waals surface area (Å²) >= 11 is 1.49. The normalized spacial score (nSPS) is 17.3. The molecule has 1 aliphatic carbocycles. The number of fused-ring (bicyclic) bond motifs is 2. The molecule has 0 bridgehead atoms. The summed E-state index contributed by atoms with van der Waals surface area (Å²) in [7, 11) is 0. The number of rotatable bonds is 5. The summed E-state index contributed by atoms with van der Waals surface area (Å²) in [4.78, 5) is 26.2. The first-order valence-electron chi connectivity index (χ1n) is 9.10. The lowest BCUT2D eigenvalue weighted by atomic mass is 9.87. The fourth-order valence-electron chi connectivity index (χ4n) is 3.42. The highest BCUT2D eigenvalue weighted by atomic mass is 32.1. The first kappa shape index (κ1) is 17.9. The zero-order valence-corrected chi connectivity index (χ0v) is 15.9. The molecular formula is C20H21NO5S. The van der Waals surface area contributed by atoms with Gasteiger partial charge in [0.25, 0.3) is 5.91 Å². The third-order valence-electron chi connectivity index (χ3n) is 4.95. The molecule has 1 aliphatic heterocycles.